The van der Waals surface area contributed by atoms with E-state index in [1.54, 1.807) is 56.8 Å². The van der Waals surface area contributed by atoms with Crippen molar-refractivity contribution in [3.05, 3.63) is 71.9 Å². The number of rotatable bonds is 8. The number of nitrogens with zero attached hydrogens (tertiary/aromatic N) is 2. The second-order valence-corrected chi connectivity index (χ2v) is 6.74. The third-order valence-electron chi connectivity index (χ3n) is 4.56. The summed E-state index contributed by atoms with van der Waals surface area (Å²) in [6, 6.07) is 15.1. The molecule has 0 radical (unpaired) electrons. The average Bonchev–Trinajstić information content (AvgIpc) is 3.15. The molecule has 154 valence electrons. The van der Waals surface area contributed by atoms with Crippen molar-refractivity contribution in [3.63, 3.8) is 0 Å². The summed E-state index contributed by atoms with van der Waals surface area (Å²) in [5.41, 5.74) is 7.36. The van der Waals surface area contributed by atoms with E-state index in [-0.39, 0.29) is 12.0 Å². The monoisotopic (exact) mass is 406 g/mol. The number of hydrogen-bond donors (Lipinski definition) is 2. The maximum atomic E-state index is 13.0. The Kier molecular flexibility index (Phi) is 6.26. The zero-order chi connectivity index (χ0) is 21.7. The molecular formula is C22H22N4O4. The Bertz CT molecular complexity index is 1080. The molecule has 0 saturated carbocycles. The number of ether oxygens (including phenoxy) is 1. The molecule has 0 aliphatic rings. The Hall–Kier alpha value is -3.94. The predicted molar refractivity (Wildman–Crippen MR) is 111 cm³/mol. The number of primary amides is 1. The van der Waals surface area contributed by atoms with Crippen LogP contribution in [0.4, 0.5) is 0 Å². The van der Waals surface area contributed by atoms with Crippen LogP contribution >= 0.6 is 0 Å². The van der Waals surface area contributed by atoms with Crippen LogP contribution in [0.1, 0.15) is 15.9 Å². The van der Waals surface area contributed by atoms with Gasteiger partial charge in [-0.2, -0.15) is 5.10 Å². The highest BCUT2D eigenvalue weighted by molar-refractivity contribution is 6.38. The molecule has 8 nitrogen and oxygen atoms in total. The van der Waals surface area contributed by atoms with Gasteiger partial charge in [-0.25, -0.2) is 0 Å². The lowest BCUT2D eigenvalue weighted by atomic mass is 10.0. The van der Waals surface area contributed by atoms with E-state index in [0.29, 0.717) is 17.0 Å². The molecule has 0 unspecified atom stereocenters. The van der Waals surface area contributed by atoms with Crippen LogP contribution in [0.2, 0.25) is 0 Å². The van der Waals surface area contributed by atoms with Gasteiger partial charge in [-0.15, -0.1) is 0 Å². The van der Waals surface area contributed by atoms with Gasteiger partial charge in [-0.1, -0.05) is 42.5 Å². The number of aromatic nitrogens is 2. The highest BCUT2D eigenvalue weighted by Crippen LogP contribution is 2.25. The number of hydrogen-bond acceptors (Lipinski definition) is 5. The minimum absolute atomic E-state index is 0.142. The van der Waals surface area contributed by atoms with Crippen molar-refractivity contribution in [1.29, 1.82) is 0 Å². The Balaban J connectivity index is 1.90. The minimum Gasteiger partial charge on any atom is -0.497 e. The molecule has 0 aliphatic heterocycles. The quantitative estimate of drug-likeness (QED) is 0.550. The number of benzene rings is 2. The van der Waals surface area contributed by atoms with Crippen LogP contribution in [-0.2, 0) is 23.1 Å². The summed E-state index contributed by atoms with van der Waals surface area (Å²) >= 11 is 0. The van der Waals surface area contributed by atoms with Crippen molar-refractivity contribution in [1.82, 2.24) is 15.1 Å². The Morgan fingerprint density at radius 3 is 2.53 bits per heavy atom. The molecule has 0 bridgehead atoms. The lowest BCUT2D eigenvalue weighted by Gasteiger charge is -2.16. The highest BCUT2D eigenvalue weighted by Gasteiger charge is 2.27. The number of carbonyl (C=O) groups excluding carboxylic acids is 3. The Morgan fingerprint density at radius 1 is 1.13 bits per heavy atom. The number of amides is 2. The fraction of sp³-hybridized carbons (Fsp3) is 0.182. The smallest absolute Gasteiger partial charge is 0.287 e. The molecule has 3 aromatic rings. The van der Waals surface area contributed by atoms with Crippen LogP contribution in [0, 0.1) is 0 Å². The zero-order valence-electron chi connectivity index (χ0n) is 16.7. The second kappa shape index (κ2) is 9.04. The first-order valence-electron chi connectivity index (χ1n) is 9.25. The summed E-state index contributed by atoms with van der Waals surface area (Å²) < 4.78 is 6.75. The van der Waals surface area contributed by atoms with Gasteiger partial charge in [0.1, 0.15) is 17.5 Å². The van der Waals surface area contributed by atoms with Crippen LogP contribution < -0.4 is 15.8 Å². The van der Waals surface area contributed by atoms with Gasteiger partial charge in [-0.05, 0) is 17.7 Å². The van der Waals surface area contributed by atoms with E-state index in [1.165, 1.54) is 4.68 Å². The van der Waals surface area contributed by atoms with Crippen molar-refractivity contribution in [3.8, 4) is 17.0 Å². The molecule has 2 amide bonds. The second-order valence-electron chi connectivity index (χ2n) is 6.74. The van der Waals surface area contributed by atoms with E-state index in [2.05, 4.69) is 10.4 Å². The topological polar surface area (TPSA) is 116 Å². The lowest BCUT2D eigenvalue weighted by molar-refractivity contribution is -0.137. The number of Topliss-reactive ketones (excluding diaryl/α,β-unsaturated/α-hetero) is 1. The van der Waals surface area contributed by atoms with E-state index >= 15 is 0 Å². The minimum atomic E-state index is -1.10. The van der Waals surface area contributed by atoms with Gasteiger partial charge in [0.25, 0.3) is 11.8 Å². The molecule has 1 aromatic heterocycles. The van der Waals surface area contributed by atoms with Gasteiger partial charge >= 0.3 is 0 Å². The molecule has 0 saturated heterocycles. The molecule has 30 heavy (non-hydrogen) atoms. The molecule has 3 N–H and O–H groups in total. The van der Waals surface area contributed by atoms with Gasteiger partial charge in [0, 0.05) is 25.2 Å². The van der Waals surface area contributed by atoms with Crippen molar-refractivity contribution >= 4 is 17.6 Å². The molecule has 1 atom stereocenters. The summed E-state index contributed by atoms with van der Waals surface area (Å²) in [6.45, 7) is 0. The van der Waals surface area contributed by atoms with Gasteiger partial charge in [0.15, 0.2) is 0 Å². The molecule has 1 heterocycles. The third kappa shape index (κ3) is 4.72. The summed E-state index contributed by atoms with van der Waals surface area (Å²) in [5.74, 6) is -1.87. The SMILES string of the molecule is COc1cccc(-c2nn(C)cc2C(=O)N[C@@H](Cc2ccccc2)C(=O)C(N)=O)c1. The Labute approximate surface area is 173 Å². The first kappa shape index (κ1) is 20.8. The van der Waals surface area contributed by atoms with Gasteiger partial charge in [0.05, 0.1) is 12.7 Å². The van der Waals surface area contributed by atoms with Gasteiger partial charge < -0.3 is 15.8 Å². The summed E-state index contributed by atoms with van der Waals surface area (Å²) in [5, 5.41) is 7.01. The van der Waals surface area contributed by atoms with Crippen molar-refractivity contribution < 1.29 is 19.1 Å². The molecule has 0 spiro atoms. The number of nitrogens with one attached hydrogen (secondary N) is 1. The predicted octanol–water partition coefficient (Wildman–Crippen LogP) is 1.49. The van der Waals surface area contributed by atoms with Crippen LogP contribution in [0.3, 0.4) is 0 Å². The maximum absolute atomic E-state index is 13.0. The first-order valence-corrected chi connectivity index (χ1v) is 9.25. The Morgan fingerprint density at radius 2 is 1.87 bits per heavy atom. The molecule has 2 aromatic carbocycles. The highest BCUT2D eigenvalue weighted by atomic mass is 16.5. The van der Waals surface area contributed by atoms with Crippen LogP contribution in [0.25, 0.3) is 11.3 Å². The van der Waals surface area contributed by atoms with E-state index in [1.807, 2.05) is 18.2 Å². The fourth-order valence-electron chi connectivity index (χ4n) is 3.11. The molecule has 0 aliphatic carbocycles. The summed E-state index contributed by atoms with van der Waals surface area (Å²) in [4.78, 5) is 36.9. The van der Waals surface area contributed by atoms with E-state index < -0.39 is 23.6 Å². The maximum Gasteiger partial charge on any atom is 0.287 e. The summed E-state index contributed by atoms with van der Waals surface area (Å²) in [6.07, 6.45) is 1.70. The number of carbonyl (C=O) groups is 3. The third-order valence-corrected chi connectivity index (χ3v) is 4.56. The molecular weight excluding hydrogens is 384 g/mol. The number of methoxy groups -OCH3 is 1. The number of nitrogens with two attached hydrogens (primary N) is 1. The first-order chi connectivity index (χ1) is 14.4. The largest absolute Gasteiger partial charge is 0.497 e. The van der Waals surface area contributed by atoms with Gasteiger partial charge in [0.2, 0.25) is 5.78 Å². The van der Waals surface area contributed by atoms with E-state index in [0.717, 1.165) is 5.56 Å². The van der Waals surface area contributed by atoms with Crippen LogP contribution in [0.15, 0.2) is 60.8 Å². The normalized spacial score (nSPS) is 11.5. The molecule has 3 rings (SSSR count). The number of ketones is 1. The van der Waals surface area contributed by atoms with E-state index in [4.69, 9.17) is 10.5 Å². The standard InChI is InChI=1S/C22H22N4O4/c1-26-13-17(19(25-26)15-9-6-10-16(12-15)30-2)22(29)24-18(20(27)21(23)28)11-14-7-4-3-5-8-14/h3-10,12-13,18H,11H2,1-2H3,(H2,23,28)(H,24,29)/t18-/m0/s1. The lowest BCUT2D eigenvalue weighted by Crippen LogP contribution is -2.47. The zero-order valence-corrected chi connectivity index (χ0v) is 16.7. The van der Waals surface area contributed by atoms with E-state index in [9.17, 15) is 14.4 Å². The summed E-state index contributed by atoms with van der Waals surface area (Å²) in [7, 11) is 3.24. The van der Waals surface area contributed by atoms with Crippen molar-refractivity contribution in [2.75, 3.05) is 7.11 Å². The molecule has 8 heteroatoms. The number of aryl methyl sites for hydroxylation is 1. The average molecular weight is 406 g/mol. The van der Waals surface area contributed by atoms with Crippen LogP contribution in [0.5, 0.6) is 5.75 Å². The van der Waals surface area contributed by atoms with Crippen molar-refractivity contribution in [2.45, 2.75) is 12.5 Å². The van der Waals surface area contributed by atoms with Gasteiger partial charge in [-0.3, -0.25) is 19.1 Å². The van der Waals surface area contributed by atoms with Crippen LogP contribution in [-0.4, -0.2) is 40.5 Å². The van der Waals surface area contributed by atoms with Crippen molar-refractivity contribution in [2.24, 2.45) is 12.8 Å². The fourth-order valence-corrected chi connectivity index (χ4v) is 3.11. The molecule has 0 fully saturated rings.